The number of carbonyl (C=O) groups excluding carboxylic acids is 2. The lowest BCUT2D eigenvalue weighted by Crippen LogP contribution is -2.78. The molecular weight excluding hydrogens is 430 g/mol. The molecule has 5 nitrogen and oxygen atoms in total. The zero-order chi connectivity index (χ0) is 21.5. The van der Waals surface area contributed by atoms with E-state index in [-0.39, 0.29) is 53.3 Å². The van der Waals surface area contributed by atoms with Crippen molar-refractivity contribution in [1.82, 2.24) is 10.6 Å². The molecule has 2 amide bonds. The minimum absolute atomic E-state index is 0.0639. The lowest BCUT2D eigenvalue weighted by atomic mass is 9.39. The summed E-state index contributed by atoms with van der Waals surface area (Å²) in [5.41, 5.74) is -0.569. The summed E-state index contributed by atoms with van der Waals surface area (Å²) in [6.45, 7) is 2.03. The van der Waals surface area contributed by atoms with Gasteiger partial charge >= 0.3 is 0 Å². The van der Waals surface area contributed by atoms with E-state index in [9.17, 15) is 14.0 Å². The number of amides is 2. The lowest BCUT2D eigenvalue weighted by Gasteiger charge is -2.69. The van der Waals surface area contributed by atoms with Gasteiger partial charge in [-0.05, 0) is 70.6 Å². The molecule has 170 valence electrons. The Morgan fingerprint density at radius 2 is 1.77 bits per heavy atom. The van der Waals surface area contributed by atoms with E-state index in [0.717, 1.165) is 25.7 Å². The van der Waals surface area contributed by atoms with E-state index in [1.807, 2.05) is 0 Å². The summed E-state index contributed by atoms with van der Waals surface area (Å²) in [5.74, 6) is 0.445. The first-order valence-electron chi connectivity index (χ1n) is 11.4. The van der Waals surface area contributed by atoms with Gasteiger partial charge in [-0.3, -0.25) is 9.59 Å². The van der Waals surface area contributed by atoms with Gasteiger partial charge in [0.1, 0.15) is 12.8 Å². The second kappa shape index (κ2) is 8.74. The minimum Gasteiger partial charge on any atom is -0.368 e. The molecule has 0 aromatic rings. The van der Waals surface area contributed by atoms with Crippen LogP contribution in [0.1, 0.15) is 71.1 Å². The van der Waals surface area contributed by atoms with Crippen LogP contribution < -0.4 is 10.6 Å². The summed E-state index contributed by atoms with van der Waals surface area (Å²) in [7, 11) is 0. The Bertz CT molecular complexity index is 651. The van der Waals surface area contributed by atoms with Crippen molar-refractivity contribution in [2.24, 2.45) is 11.3 Å². The van der Waals surface area contributed by atoms with Crippen molar-refractivity contribution < 1.29 is 18.7 Å². The molecule has 2 N–H and O–H groups in total. The van der Waals surface area contributed by atoms with Crippen LogP contribution >= 0.6 is 23.2 Å². The maximum absolute atomic E-state index is 13.7. The van der Waals surface area contributed by atoms with Crippen molar-refractivity contribution >= 4 is 35.0 Å². The molecule has 0 saturated heterocycles. The molecular formula is C22H33Cl2FN2O3. The molecule has 5 saturated carbocycles. The van der Waals surface area contributed by atoms with Gasteiger partial charge in [-0.15, -0.1) is 23.2 Å². The van der Waals surface area contributed by atoms with Gasteiger partial charge in [-0.2, -0.15) is 0 Å². The first-order valence-corrected chi connectivity index (χ1v) is 12.2. The van der Waals surface area contributed by atoms with Gasteiger partial charge in [0.05, 0.1) is 16.9 Å². The fraction of sp³-hybridized carbons (Fsp3) is 0.909. The van der Waals surface area contributed by atoms with E-state index in [1.54, 1.807) is 0 Å². The summed E-state index contributed by atoms with van der Waals surface area (Å²) in [6, 6.07) is 0.164. The van der Waals surface area contributed by atoms with Gasteiger partial charge < -0.3 is 15.4 Å². The predicted octanol–water partition coefficient (Wildman–Crippen LogP) is 3.84. The van der Waals surface area contributed by atoms with Gasteiger partial charge in [0.25, 0.3) is 0 Å². The first kappa shape index (κ1) is 22.6. The highest BCUT2D eigenvalue weighted by Crippen LogP contribution is 2.67. The highest BCUT2D eigenvalue weighted by molar-refractivity contribution is 6.21. The Morgan fingerprint density at radius 3 is 2.40 bits per heavy atom. The molecule has 3 unspecified atom stereocenters. The van der Waals surface area contributed by atoms with Gasteiger partial charge in [-0.1, -0.05) is 0 Å². The molecule has 4 atom stereocenters. The van der Waals surface area contributed by atoms with E-state index in [2.05, 4.69) is 17.6 Å². The van der Waals surface area contributed by atoms with Gasteiger partial charge in [0, 0.05) is 23.4 Å². The van der Waals surface area contributed by atoms with E-state index in [1.165, 1.54) is 0 Å². The standard InChI is InChI=1S/C22H33Cl2FN2O3/c1-13(14-2-4-15(23)5-3-14)26-20(29)21-10-22(11-21,12-21)27-19(28)9-30-16-6-7-17(24)18(25)8-16/h13-18H,2-12H2,1H3,(H,26,29)(H,27,28)/t13-,14?,15?,16?,17?,18?,21?,22?/m1/s1. The smallest absolute Gasteiger partial charge is 0.246 e. The Hall–Kier alpha value is -0.590. The third kappa shape index (κ3) is 4.61. The van der Waals surface area contributed by atoms with Crippen molar-refractivity contribution in [3.63, 3.8) is 0 Å². The Labute approximate surface area is 188 Å². The normalized spacial score (nSPS) is 43.7. The number of hydrogen-bond acceptors (Lipinski definition) is 3. The molecule has 5 aliphatic carbocycles. The SMILES string of the molecule is C[C@@H](NC(=O)C12CC(NC(=O)COC3CCC(Cl)C(F)C3)(C1)C2)C1CCC(Cl)CC1. The maximum Gasteiger partial charge on any atom is 0.246 e. The van der Waals surface area contributed by atoms with Crippen LogP contribution in [0.15, 0.2) is 0 Å². The molecule has 30 heavy (non-hydrogen) atoms. The number of alkyl halides is 3. The Balaban J connectivity index is 1.15. The summed E-state index contributed by atoms with van der Waals surface area (Å²) in [4.78, 5) is 25.1. The third-order valence-corrected chi connectivity index (χ3v) is 8.71. The molecule has 5 fully saturated rings. The molecule has 2 bridgehead atoms. The topological polar surface area (TPSA) is 67.4 Å². The monoisotopic (exact) mass is 462 g/mol. The lowest BCUT2D eigenvalue weighted by molar-refractivity contribution is -0.185. The zero-order valence-electron chi connectivity index (χ0n) is 17.6. The summed E-state index contributed by atoms with van der Waals surface area (Å²) >= 11 is 12.1. The van der Waals surface area contributed by atoms with Crippen molar-refractivity contribution in [1.29, 1.82) is 0 Å². The van der Waals surface area contributed by atoms with E-state index >= 15 is 0 Å². The zero-order valence-corrected chi connectivity index (χ0v) is 19.1. The summed E-state index contributed by atoms with van der Waals surface area (Å²) in [5, 5.41) is 6.10. The van der Waals surface area contributed by atoms with Crippen LogP contribution in [0.4, 0.5) is 4.39 Å². The molecule has 0 spiro atoms. The van der Waals surface area contributed by atoms with Crippen molar-refractivity contribution in [3.8, 4) is 0 Å². The van der Waals surface area contributed by atoms with Crippen LogP contribution in [0.25, 0.3) is 0 Å². The van der Waals surface area contributed by atoms with E-state index in [4.69, 9.17) is 27.9 Å². The number of halogens is 3. The molecule has 0 radical (unpaired) electrons. The number of ether oxygens (including phenoxy) is 1. The van der Waals surface area contributed by atoms with Crippen molar-refractivity contribution in [3.05, 3.63) is 0 Å². The predicted molar refractivity (Wildman–Crippen MR) is 114 cm³/mol. The third-order valence-electron chi connectivity index (χ3n) is 7.78. The number of rotatable bonds is 7. The van der Waals surface area contributed by atoms with E-state index in [0.29, 0.717) is 38.0 Å². The van der Waals surface area contributed by atoms with Crippen molar-refractivity contribution in [2.45, 2.75) is 106 Å². The molecule has 0 heterocycles. The number of carbonyl (C=O) groups is 2. The van der Waals surface area contributed by atoms with Crippen LogP contribution in [0.5, 0.6) is 0 Å². The molecule has 0 aromatic carbocycles. The van der Waals surface area contributed by atoms with E-state index < -0.39 is 11.5 Å². The minimum atomic E-state index is -1.07. The molecule has 0 aliphatic heterocycles. The molecule has 8 heteroatoms. The highest BCUT2D eigenvalue weighted by Gasteiger charge is 2.72. The number of hydrogen-bond donors (Lipinski definition) is 2. The Morgan fingerprint density at radius 1 is 1.10 bits per heavy atom. The first-order chi connectivity index (χ1) is 14.2. The average molecular weight is 463 g/mol. The molecule has 5 rings (SSSR count). The quantitative estimate of drug-likeness (QED) is 0.564. The van der Waals surface area contributed by atoms with Crippen LogP contribution in [-0.2, 0) is 14.3 Å². The fourth-order valence-electron chi connectivity index (χ4n) is 5.94. The Kier molecular flexibility index (Phi) is 6.59. The highest BCUT2D eigenvalue weighted by atomic mass is 35.5. The van der Waals surface area contributed by atoms with Gasteiger partial charge in [0.2, 0.25) is 11.8 Å². The maximum atomic E-state index is 13.7. The van der Waals surface area contributed by atoms with Gasteiger partial charge in [-0.25, -0.2) is 4.39 Å². The van der Waals surface area contributed by atoms with Crippen LogP contribution in [-0.4, -0.2) is 53.0 Å². The molecule has 0 aromatic heterocycles. The number of nitrogens with one attached hydrogen (secondary N) is 2. The van der Waals surface area contributed by atoms with Crippen molar-refractivity contribution in [2.75, 3.05) is 6.61 Å². The van der Waals surface area contributed by atoms with Gasteiger partial charge in [0.15, 0.2) is 0 Å². The second-order valence-corrected chi connectivity index (χ2v) is 11.4. The summed E-state index contributed by atoms with van der Waals surface area (Å²) < 4.78 is 19.3. The van der Waals surface area contributed by atoms with Crippen LogP contribution in [0.3, 0.4) is 0 Å². The average Bonchev–Trinajstić information content (AvgIpc) is 2.64. The largest absolute Gasteiger partial charge is 0.368 e. The second-order valence-electron chi connectivity index (χ2n) is 10.2. The summed E-state index contributed by atoms with van der Waals surface area (Å²) in [6.07, 6.45) is 6.45. The fourth-order valence-corrected chi connectivity index (χ4v) is 6.42. The van der Waals surface area contributed by atoms with Crippen LogP contribution in [0.2, 0.25) is 0 Å². The van der Waals surface area contributed by atoms with Crippen LogP contribution in [0, 0.1) is 11.3 Å². The molecule has 5 aliphatic rings.